The molecule has 0 saturated carbocycles. The number of anilines is 1. The van der Waals surface area contributed by atoms with E-state index in [0.717, 1.165) is 5.56 Å². The van der Waals surface area contributed by atoms with Gasteiger partial charge in [0, 0.05) is 18.3 Å². The van der Waals surface area contributed by atoms with Crippen molar-refractivity contribution in [3.05, 3.63) is 42.3 Å². The highest BCUT2D eigenvalue weighted by atomic mass is 19.1. The van der Waals surface area contributed by atoms with Crippen LogP contribution in [0.25, 0.3) is 11.3 Å². The fourth-order valence-corrected chi connectivity index (χ4v) is 1.87. The molecule has 0 unspecified atom stereocenters. The first-order valence-corrected chi connectivity index (χ1v) is 6.87. The summed E-state index contributed by atoms with van der Waals surface area (Å²) in [7, 11) is 0. The maximum absolute atomic E-state index is 12.9. The van der Waals surface area contributed by atoms with Crippen LogP contribution in [0.5, 0.6) is 0 Å². The third kappa shape index (κ3) is 4.49. The summed E-state index contributed by atoms with van der Waals surface area (Å²) in [6.45, 7) is 0.522. The molecule has 0 spiro atoms. The molecule has 0 saturated heterocycles. The van der Waals surface area contributed by atoms with Crippen LogP contribution in [0.4, 0.5) is 10.3 Å². The normalized spacial score (nSPS) is 11.9. The van der Waals surface area contributed by atoms with E-state index in [0.29, 0.717) is 31.0 Å². The average Bonchev–Trinajstić information content (AvgIpc) is 2.52. The second kappa shape index (κ2) is 7.46. The van der Waals surface area contributed by atoms with Crippen LogP contribution in [0, 0.1) is 5.82 Å². The molecular formula is C15H17FN4O2. The quantitative estimate of drug-likeness (QED) is 0.675. The van der Waals surface area contributed by atoms with Gasteiger partial charge in [0.15, 0.2) is 0 Å². The van der Waals surface area contributed by atoms with Crippen molar-refractivity contribution in [1.29, 1.82) is 0 Å². The summed E-state index contributed by atoms with van der Waals surface area (Å²) in [6.07, 6.45) is 2.58. The van der Waals surface area contributed by atoms with Crippen molar-refractivity contribution in [3.63, 3.8) is 0 Å². The molecule has 1 atom stereocenters. The van der Waals surface area contributed by atoms with Crippen LogP contribution < -0.4 is 11.1 Å². The molecular weight excluding hydrogens is 287 g/mol. The number of carboxylic acid groups (broad SMARTS) is 1. The van der Waals surface area contributed by atoms with E-state index in [-0.39, 0.29) is 5.82 Å². The minimum atomic E-state index is -1.01. The van der Waals surface area contributed by atoms with Crippen molar-refractivity contribution in [1.82, 2.24) is 9.97 Å². The molecule has 0 aliphatic heterocycles. The van der Waals surface area contributed by atoms with Crippen molar-refractivity contribution < 1.29 is 14.3 Å². The van der Waals surface area contributed by atoms with Crippen molar-refractivity contribution in [2.75, 3.05) is 11.9 Å². The zero-order valence-electron chi connectivity index (χ0n) is 11.9. The number of rotatable bonds is 7. The number of carboxylic acids is 1. The lowest BCUT2D eigenvalue weighted by molar-refractivity contribution is -0.138. The number of carbonyl (C=O) groups is 1. The minimum Gasteiger partial charge on any atom is -0.480 e. The summed E-state index contributed by atoms with van der Waals surface area (Å²) in [6, 6.07) is 6.92. The molecule has 0 bridgehead atoms. The third-order valence-electron chi connectivity index (χ3n) is 3.09. The molecule has 7 heteroatoms. The van der Waals surface area contributed by atoms with E-state index in [1.165, 1.54) is 12.1 Å². The van der Waals surface area contributed by atoms with Crippen molar-refractivity contribution in [2.24, 2.45) is 5.73 Å². The first-order valence-electron chi connectivity index (χ1n) is 6.87. The number of aromatic nitrogens is 2. The lowest BCUT2D eigenvalue weighted by Crippen LogP contribution is -2.30. The molecule has 1 aromatic heterocycles. The summed E-state index contributed by atoms with van der Waals surface area (Å²) < 4.78 is 12.9. The average molecular weight is 304 g/mol. The van der Waals surface area contributed by atoms with Crippen LogP contribution in [0.15, 0.2) is 36.5 Å². The van der Waals surface area contributed by atoms with Gasteiger partial charge in [-0.25, -0.2) is 14.4 Å². The van der Waals surface area contributed by atoms with Crippen LogP contribution in [-0.2, 0) is 4.79 Å². The molecule has 22 heavy (non-hydrogen) atoms. The Balaban J connectivity index is 1.92. The number of benzene rings is 1. The molecule has 0 amide bonds. The van der Waals surface area contributed by atoms with Gasteiger partial charge in [0.05, 0.1) is 5.69 Å². The van der Waals surface area contributed by atoms with Gasteiger partial charge in [0.25, 0.3) is 0 Å². The number of nitrogens with one attached hydrogen (secondary N) is 1. The van der Waals surface area contributed by atoms with E-state index in [4.69, 9.17) is 10.8 Å². The Morgan fingerprint density at radius 2 is 2.05 bits per heavy atom. The zero-order valence-corrected chi connectivity index (χ0v) is 11.9. The fourth-order valence-electron chi connectivity index (χ4n) is 1.87. The highest BCUT2D eigenvalue weighted by Crippen LogP contribution is 2.17. The van der Waals surface area contributed by atoms with Gasteiger partial charge >= 0.3 is 5.97 Å². The highest BCUT2D eigenvalue weighted by molar-refractivity contribution is 5.72. The second-order valence-corrected chi connectivity index (χ2v) is 4.79. The molecule has 1 heterocycles. The van der Waals surface area contributed by atoms with E-state index in [1.807, 2.05) is 0 Å². The molecule has 0 aliphatic carbocycles. The predicted molar refractivity (Wildman–Crippen MR) is 80.8 cm³/mol. The standard InChI is InChI=1S/C15H17FN4O2/c16-11-5-3-10(4-6-11)13-7-9-19-15(20-13)18-8-1-2-12(17)14(21)22/h3-7,9,12H,1-2,8,17H2,(H,21,22)(H,18,19,20)/t12-/m1/s1. The fraction of sp³-hybridized carbons (Fsp3) is 0.267. The summed E-state index contributed by atoms with van der Waals surface area (Å²) in [5, 5.41) is 11.7. The SMILES string of the molecule is N[C@H](CCCNc1nccc(-c2ccc(F)cc2)n1)C(=O)O. The number of aliphatic carboxylic acids is 1. The first kappa shape index (κ1) is 15.8. The van der Waals surface area contributed by atoms with Crippen LogP contribution in [0.3, 0.4) is 0 Å². The maximum atomic E-state index is 12.9. The summed E-state index contributed by atoms with van der Waals surface area (Å²) in [4.78, 5) is 19.0. The Labute approximate surface area is 127 Å². The van der Waals surface area contributed by atoms with Crippen LogP contribution in [-0.4, -0.2) is 33.6 Å². The highest BCUT2D eigenvalue weighted by Gasteiger charge is 2.10. The topological polar surface area (TPSA) is 101 Å². The number of nitrogens with two attached hydrogens (primary N) is 1. The van der Waals surface area contributed by atoms with E-state index in [2.05, 4.69) is 15.3 Å². The first-order chi connectivity index (χ1) is 10.6. The van der Waals surface area contributed by atoms with E-state index < -0.39 is 12.0 Å². The van der Waals surface area contributed by atoms with Gasteiger partial charge < -0.3 is 16.2 Å². The van der Waals surface area contributed by atoms with Crippen molar-refractivity contribution in [2.45, 2.75) is 18.9 Å². The van der Waals surface area contributed by atoms with E-state index in [1.54, 1.807) is 24.4 Å². The molecule has 0 aliphatic rings. The molecule has 6 nitrogen and oxygen atoms in total. The van der Waals surface area contributed by atoms with Crippen LogP contribution in [0.2, 0.25) is 0 Å². The minimum absolute atomic E-state index is 0.300. The Hall–Kier alpha value is -2.54. The molecule has 4 N–H and O–H groups in total. The Kier molecular flexibility index (Phi) is 5.37. The van der Waals surface area contributed by atoms with Crippen LogP contribution in [0.1, 0.15) is 12.8 Å². The van der Waals surface area contributed by atoms with Gasteiger partial charge in [-0.1, -0.05) is 0 Å². The van der Waals surface area contributed by atoms with Gasteiger partial charge in [-0.3, -0.25) is 4.79 Å². The Morgan fingerprint density at radius 3 is 2.73 bits per heavy atom. The predicted octanol–water partition coefficient (Wildman–Crippen LogP) is 1.89. The Bertz CT molecular complexity index is 634. The molecule has 116 valence electrons. The van der Waals surface area contributed by atoms with Gasteiger partial charge in [-0.05, 0) is 43.2 Å². The van der Waals surface area contributed by atoms with Gasteiger partial charge in [-0.2, -0.15) is 0 Å². The van der Waals surface area contributed by atoms with Crippen molar-refractivity contribution >= 4 is 11.9 Å². The molecule has 2 rings (SSSR count). The number of hydrogen-bond donors (Lipinski definition) is 3. The summed E-state index contributed by atoms with van der Waals surface area (Å²) in [5.74, 6) is -0.869. The number of hydrogen-bond acceptors (Lipinski definition) is 5. The smallest absolute Gasteiger partial charge is 0.320 e. The lowest BCUT2D eigenvalue weighted by Gasteiger charge is -2.08. The van der Waals surface area contributed by atoms with Gasteiger partial charge in [0.1, 0.15) is 11.9 Å². The number of halogens is 1. The van der Waals surface area contributed by atoms with E-state index >= 15 is 0 Å². The molecule has 2 aromatic rings. The molecule has 1 aromatic carbocycles. The number of nitrogens with zero attached hydrogens (tertiary/aromatic N) is 2. The van der Waals surface area contributed by atoms with Gasteiger partial charge in [-0.15, -0.1) is 0 Å². The molecule has 0 radical (unpaired) electrons. The lowest BCUT2D eigenvalue weighted by atomic mass is 10.1. The van der Waals surface area contributed by atoms with Gasteiger partial charge in [0.2, 0.25) is 5.95 Å². The van der Waals surface area contributed by atoms with Crippen LogP contribution >= 0.6 is 0 Å². The summed E-state index contributed by atoms with van der Waals surface area (Å²) >= 11 is 0. The monoisotopic (exact) mass is 304 g/mol. The van der Waals surface area contributed by atoms with E-state index in [9.17, 15) is 9.18 Å². The third-order valence-corrected chi connectivity index (χ3v) is 3.09. The second-order valence-electron chi connectivity index (χ2n) is 4.79. The zero-order chi connectivity index (χ0) is 15.9. The molecule has 0 fully saturated rings. The van der Waals surface area contributed by atoms with Crippen molar-refractivity contribution in [3.8, 4) is 11.3 Å². The largest absolute Gasteiger partial charge is 0.480 e. The Morgan fingerprint density at radius 1 is 1.32 bits per heavy atom. The maximum Gasteiger partial charge on any atom is 0.320 e. The summed E-state index contributed by atoms with van der Waals surface area (Å²) in [5.41, 5.74) is 6.89.